The molecule has 32 heavy (non-hydrogen) atoms. The van der Waals surface area contributed by atoms with Gasteiger partial charge >= 0.3 is 11.2 Å². The molecule has 0 saturated carbocycles. The first kappa shape index (κ1) is 20.3. The molecule has 0 spiro atoms. The number of carbonyl (C=O) groups excluding carboxylic acids is 1. The van der Waals surface area contributed by atoms with Gasteiger partial charge in [-0.25, -0.2) is 9.36 Å². The topological polar surface area (TPSA) is 95.5 Å². The Bertz CT molecular complexity index is 1420. The second-order valence-electron chi connectivity index (χ2n) is 8.06. The molecule has 1 aliphatic rings. The Hall–Kier alpha value is -3.65. The largest absolute Gasteiger partial charge is 0.449 e. The Morgan fingerprint density at radius 1 is 1.12 bits per heavy atom. The second-order valence-corrected chi connectivity index (χ2v) is 8.06. The molecule has 5 rings (SSSR count). The van der Waals surface area contributed by atoms with Crippen LogP contribution >= 0.6 is 0 Å². The molecule has 8 nitrogen and oxygen atoms in total. The number of benzene rings is 2. The highest BCUT2D eigenvalue weighted by Gasteiger charge is 2.23. The van der Waals surface area contributed by atoms with Gasteiger partial charge in [0.1, 0.15) is 17.6 Å². The van der Waals surface area contributed by atoms with E-state index < -0.39 is 11.2 Å². The van der Waals surface area contributed by atoms with Crippen molar-refractivity contribution in [3.05, 3.63) is 74.9 Å². The van der Waals surface area contributed by atoms with E-state index in [2.05, 4.69) is 5.32 Å². The maximum atomic E-state index is 13.5. The third-order valence-electron chi connectivity index (χ3n) is 5.80. The number of rotatable bonds is 5. The number of nitrogens with one attached hydrogen (secondary N) is 1. The van der Waals surface area contributed by atoms with Gasteiger partial charge < -0.3 is 14.5 Å². The predicted octanol–water partition coefficient (Wildman–Crippen LogP) is 2.50. The molecule has 1 N–H and O–H groups in total. The van der Waals surface area contributed by atoms with Crippen molar-refractivity contribution in [2.24, 2.45) is 0 Å². The molecule has 3 heterocycles. The molecule has 164 valence electrons. The minimum Gasteiger partial charge on any atom is -0.449 e. The van der Waals surface area contributed by atoms with E-state index in [0.717, 1.165) is 23.0 Å². The third-order valence-corrected chi connectivity index (χ3v) is 5.80. The molecule has 4 aromatic rings. The number of hydrogen-bond donors (Lipinski definition) is 1. The second kappa shape index (κ2) is 8.12. The van der Waals surface area contributed by atoms with Crippen molar-refractivity contribution in [2.75, 3.05) is 13.2 Å². The smallest absolute Gasteiger partial charge is 0.336 e. The number of nitrogens with zero attached hydrogens (tertiary/aromatic N) is 2. The van der Waals surface area contributed by atoms with Gasteiger partial charge in [0.2, 0.25) is 11.5 Å². The van der Waals surface area contributed by atoms with Crippen molar-refractivity contribution >= 4 is 28.0 Å². The Balaban J connectivity index is 1.65. The quantitative estimate of drug-likeness (QED) is 0.522. The molecule has 8 heteroatoms. The zero-order valence-corrected chi connectivity index (χ0v) is 17.7. The van der Waals surface area contributed by atoms with Crippen molar-refractivity contribution in [3.8, 4) is 5.69 Å². The van der Waals surface area contributed by atoms with Crippen molar-refractivity contribution < 1.29 is 13.9 Å². The molecule has 2 aromatic heterocycles. The molecule has 1 fully saturated rings. The molecular weight excluding hydrogens is 410 g/mol. The molecule has 1 saturated heterocycles. The van der Waals surface area contributed by atoms with Gasteiger partial charge in [0.05, 0.1) is 11.8 Å². The number of ether oxygens (including phenoxy) is 1. The van der Waals surface area contributed by atoms with Crippen LogP contribution in [0, 0.1) is 6.92 Å². The van der Waals surface area contributed by atoms with Gasteiger partial charge in [-0.1, -0.05) is 29.8 Å². The van der Waals surface area contributed by atoms with Crippen molar-refractivity contribution in [1.82, 2.24) is 14.5 Å². The van der Waals surface area contributed by atoms with Crippen LogP contribution in [-0.4, -0.2) is 34.3 Å². The molecule has 1 unspecified atom stereocenters. The minimum atomic E-state index is -0.592. The van der Waals surface area contributed by atoms with Gasteiger partial charge in [0.15, 0.2) is 0 Å². The highest BCUT2D eigenvalue weighted by atomic mass is 16.5. The summed E-state index contributed by atoms with van der Waals surface area (Å²) in [6.45, 7) is 2.77. The standard InChI is InChI=1S/C24H23N3O5/c1-15-8-10-16(11-9-15)27-23(29)22-21(18-6-2-3-7-19(18)32-22)26(24(27)30)14-20(28)25-13-17-5-4-12-31-17/h2-3,6-11,17H,4-5,12-14H2,1H3,(H,25,28). The number of carbonyl (C=O) groups is 1. The lowest BCUT2D eigenvalue weighted by Crippen LogP contribution is -2.42. The number of aryl methyl sites for hydroxylation is 1. The Morgan fingerprint density at radius 2 is 1.91 bits per heavy atom. The van der Waals surface area contributed by atoms with Gasteiger partial charge in [-0.3, -0.25) is 14.2 Å². The lowest BCUT2D eigenvalue weighted by molar-refractivity contribution is -0.122. The first-order valence-electron chi connectivity index (χ1n) is 10.7. The molecule has 0 radical (unpaired) electrons. The van der Waals surface area contributed by atoms with Crippen LogP contribution in [0.25, 0.3) is 27.8 Å². The summed E-state index contributed by atoms with van der Waals surface area (Å²) >= 11 is 0. The molecule has 1 atom stereocenters. The van der Waals surface area contributed by atoms with Crippen LogP contribution in [0.3, 0.4) is 0 Å². The van der Waals surface area contributed by atoms with E-state index in [1.54, 1.807) is 36.4 Å². The van der Waals surface area contributed by atoms with Crippen molar-refractivity contribution in [1.29, 1.82) is 0 Å². The van der Waals surface area contributed by atoms with Gasteiger partial charge in [0.25, 0.3) is 0 Å². The fourth-order valence-corrected chi connectivity index (χ4v) is 4.15. The first-order chi connectivity index (χ1) is 15.5. The number of amides is 1. The van der Waals surface area contributed by atoms with E-state index in [1.807, 2.05) is 19.1 Å². The van der Waals surface area contributed by atoms with Crippen LogP contribution in [-0.2, 0) is 16.1 Å². The Labute approximate surface area is 183 Å². The average Bonchev–Trinajstić information content (AvgIpc) is 3.45. The van der Waals surface area contributed by atoms with Gasteiger partial charge in [0, 0.05) is 18.5 Å². The SMILES string of the molecule is Cc1ccc(-n2c(=O)c3oc4ccccc4c3n(CC(=O)NCC3CCCO3)c2=O)cc1. The zero-order valence-electron chi connectivity index (χ0n) is 17.7. The number of aromatic nitrogens is 2. The van der Waals surface area contributed by atoms with Gasteiger partial charge in [-0.15, -0.1) is 0 Å². The zero-order chi connectivity index (χ0) is 22.2. The summed E-state index contributed by atoms with van der Waals surface area (Å²) in [6.07, 6.45) is 1.87. The van der Waals surface area contributed by atoms with Crippen molar-refractivity contribution in [3.63, 3.8) is 0 Å². The maximum absolute atomic E-state index is 13.5. The van der Waals surface area contributed by atoms with Crippen molar-refractivity contribution in [2.45, 2.75) is 32.4 Å². The molecule has 1 aliphatic heterocycles. The van der Waals surface area contributed by atoms with Crippen LogP contribution in [0.15, 0.2) is 62.5 Å². The highest BCUT2D eigenvalue weighted by molar-refractivity contribution is 6.02. The summed E-state index contributed by atoms with van der Waals surface area (Å²) in [5, 5.41) is 3.46. The third kappa shape index (κ3) is 3.52. The summed E-state index contributed by atoms with van der Waals surface area (Å²) in [7, 11) is 0. The van der Waals surface area contributed by atoms with Gasteiger partial charge in [-0.2, -0.15) is 0 Å². The highest BCUT2D eigenvalue weighted by Crippen LogP contribution is 2.25. The summed E-state index contributed by atoms with van der Waals surface area (Å²) < 4.78 is 13.8. The number of hydrogen-bond acceptors (Lipinski definition) is 5. The van der Waals surface area contributed by atoms with Crippen LogP contribution in [0.5, 0.6) is 0 Å². The molecule has 1 amide bonds. The average molecular weight is 433 g/mol. The molecule has 0 bridgehead atoms. The number of fused-ring (bicyclic) bond motifs is 3. The Kier molecular flexibility index (Phi) is 5.14. The van der Waals surface area contributed by atoms with Crippen LogP contribution in [0.1, 0.15) is 18.4 Å². The molecule has 0 aliphatic carbocycles. The van der Waals surface area contributed by atoms with Gasteiger partial charge in [-0.05, 0) is 44.0 Å². The van der Waals surface area contributed by atoms with Crippen LogP contribution in [0.2, 0.25) is 0 Å². The lowest BCUT2D eigenvalue weighted by atomic mass is 10.2. The van der Waals surface area contributed by atoms with E-state index in [-0.39, 0.29) is 24.1 Å². The monoisotopic (exact) mass is 433 g/mol. The summed E-state index contributed by atoms with van der Waals surface area (Å²) in [4.78, 5) is 39.5. The summed E-state index contributed by atoms with van der Waals surface area (Å²) in [6, 6.07) is 14.2. The Morgan fingerprint density at radius 3 is 2.66 bits per heavy atom. The number of para-hydroxylation sites is 1. The summed E-state index contributed by atoms with van der Waals surface area (Å²) in [5.74, 6) is -0.330. The summed E-state index contributed by atoms with van der Waals surface area (Å²) in [5.41, 5.74) is 1.12. The van der Waals surface area contributed by atoms with E-state index in [4.69, 9.17) is 9.15 Å². The van der Waals surface area contributed by atoms with E-state index in [9.17, 15) is 14.4 Å². The predicted molar refractivity (Wildman–Crippen MR) is 120 cm³/mol. The van der Waals surface area contributed by atoms with E-state index in [1.165, 1.54) is 4.57 Å². The van der Waals surface area contributed by atoms with E-state index >= 15 is 0 Å². The normalized spacial score (nSPS) is 16.1. The molecular formula is C24H23N3O5. The number of furan rings is 1. The minimum absolute atomic E-state index is 0.00745. The first-order valence-corrected chi connectivity index (χ1v) is 10.7. The maximum Gasteiger partial charge on any atom is 0.336 e. The lowest BCUT2D eigenvalue weighted by Gasteiger charge is -2.14. The van der Waals surface area contributed by atoms with E-state index in [0.29, 0.717) is 35.3 Å². The van der Waals surface area contributed by atoms with Crippen LogP contribution in [0.4, 0.5) is 0 Å². The molecule has 2 aromatic carbocycles. The fraction of sp³-hybridized carbons (Fsp3) is 0.292. The fourth-order valence-electron chi connectivity index (χ4n) is 4.15. The van der Waals surface area contributed by atoms with Crippen LogP contribution < -0.4 is 16.6 Å².